The van der Waals surface area contributed by atoms with Gasteiger partial charge in [0.1, 0.15) is 6.04 Å². The highest BCUT2D eigenvalue weighted by Gasteiger charge is 2.39. The summed E-state index contributed by atoms with van der Waals surface area (Å²) in [7, 11) is 3.19. The van der Waals surface area contributed by atoms with Crippen molar-refractivity contribution < 1.29 is 19.5 Å². The fraction of sp³-hybridized carbons (Fsp3) is 0.800. The first-order valence-corrected chi connectivity index (χ1v) is 7.98. The van der Waals surface area contributed by atoms with Crippen LogP contribution in [0.4, 0.5) is 4.79 Å². The van der Waals surface area contributed by atoms with Gasteiger partial charge in [0.25, 0.3) is 0 Å². The zero-order chi connectivity index (χ0) is 17.3. The van der Waals surface area contributed by atoms with E-state index in [0.29, 0.717) is 19.5 Å². The quantitative estimate of drug-likeness (QED) is 0.672. The first-order chi connectivity index (χ1) is 10.7. The Bertz CT molecular complexity index is 492. The number of carbonyl (C=O) groups is 3. The van der Waals surface area contributed by atoms with Crippen molar-refractivity contribution in [2.24, 2.45) is 5.92 Å². The van der Waals surface area contributed by atoms with Crippen LogP contribution >= 0.6 is 0 Å². The molecule has 0 saturated carbocycles. The molecule has 2 N–H and O–H groups in total. The number of hydrogen-bond donors (Lipinski definition) is 2. The molecule has 2 aliphatic rings. The van der Waals surface area contributed by atoms with Gasteiger partial charge in [-0.2, -0.15) is 0 Å². The minimum Gasteiger partial charge on any atom is -0.480 e. The van der Waals surface area contributed by atoms with E-state index in [1.807, 2.05) is 0 Å². The second-order valence-electron chi connectivity index (χ2n) is 6.72. The summed E-state index contributed by atoms with van der Waals surface area (Å²) in [6, 6.07) is -1.32. The Morgan fingerprint density at radius 3 is 2.35 bits per heavy atom. The number of urea groups is 1. The van der Waals surface area contributed by atoms with E-state index in [2.05, 4.69) is 5.32 Å². The fourth-order valence-corrected chi connectivity index (χ4v) is 3.13. The molecule has 3 atom stereocenters. The van der Waals surface area contributed by atoms with Crippen LogP contribution in [0.1, 0.15) is 20.3 Å². The van der Waals surface area contributed by atoms with Crippen LogP contribution in [-0.2, 0) is 9.59 Å². The molecule has 2 saturated heterocycles. The van der Waals surface area contributed by atoms with Crippen LogP contribution in [0.15, 0.2) is 0 Å². The summed E-state index contributed by atoms with van der Waals surface area (Å²) in [4.78, 5) is 40.6. The zero-order valence-electron chi connectivity index (χ0n) is 14.2. The summed E-state index contributed by atoms with van der Waals surface area (Å²) < 4.78 is 0. The van der Waals surface area contributed by atoms with Crippen LogP contribution in [0.25, 0.3) is 0 Å². The van der Waals surface area contributed by atoms with Gasteiger partial charge in [-0.05, 0) is 12.3 Å². The topological polar surface area (TPSA) is 103 Å². The van der Waals surface area contributed by atoms with Crippen molar-refractivity contribution in [3.63, 3.8) is 0 Å². The Hall–Kier alpha value is -1.83. The molecule has 0 aromatic heterocycles. The number of carboxylic acid groups (broad SMARTS) is 1. The monoisotopic (exact) mass is 326 g/mol. The van der Waals surface area contributed by atoms with Gasteiger partial charge in [0.2, 0.25) is 5.91 Å². The fourth-order valence-electron chi connectivity index (χ4n) is 3.13. The smallest absolute Gasteiger partial charge is 0.326 e. The summed E-state index contributed by atoms with van der Waals surface area (Å²) in [5, 5.41) is 12.3. The number of carbonyl (C=O) groups excluding carboxylic acids is 2. The van der Waals surface area contributed by atoms with Crippen molar-refractivity contribution in [1.82, 2.24) is 20.0 Å². The minimum atomic E-state index is -1.01. The molecule has 0 bridgehead atoms. The van der Waals surface area contributed by atoms with E-state index in [9.17, 15) is 19.5 Å². The maximum absolute atomic E-state index is 12.6. The van der Waals surface area contributed by atoms with Crippen molar-refractivity contribution in [1.29, 1.82) is 0 Å². The number of nitrogens with one attached hydrogen (secondary N) is 1. The largest absolute Gasteiger partial charge is 0.480 e. The third-order valence-electron chi connectivity index (χ3n) is 4.63. The molecule has 0 aliphatic carbocycles. The summed E-state index contributed by atoms with van der Waals surface area (Å²) in [5.41, 5.74) is 0. The number of carboxylic acids is 1. The van der Waals surface area contributed by atoms with Gasteiger partial charge < -0.3 is 25.1 Å². The predicted octanol–water partition coefficient (Wildman–Crippen LogP) is -0.348. The van der Waals surface area contributed by atoms with E-state index in [1.165, 1.54) is 11.9 Å². The number of hydrogen-bond acceptors (Lipinski definition) is 4. The highest BCUT2D eigenvalue weighted by atomic mass is 16.4. The summed E-state index contributed by atoms with van der Waals surface area (Å²) in [5.74, 6) is -1.10. The maximum atomic E-state index is 12.6. The van der Waals surface area contributed by atoms with Gasteiger partial charge in [0.05, 0.1) is 12.1 Å². The van der Waals surface area contributed by atoms with E-state index in [0.717, 1.165) is 6.54 Å². The van der Waals surface area contributed by atoms with Gasteiger partial charge in [-0.25, -0.2) is 9.59 Å². The average molecular weight is 326 g/mol. The van der Waals surface area contributed by atoms with Crippen molar-refractivity contribution in [2.75, 3.05) is 33.7 Å². The Morgan fingerprint density at radius 1 is 1.26 bits per heavy atom. The number of nitrogens with zero attached hydrogens (tertiary/aromatic N) is 3. The summed E-state index contributed by atoms with van der Waals surface area (Å²) >= 11 is 0. The Morgan fingerprint density at radius 2 is 1.87 bits per heavy atom. The normalized spacial score (nSPS) is 24.5. The first-order valence-electron chi connectivity index (χ1n) is 7.98. The second-order valence-corrected chi connectivity index (χ2v) is 6.72. The van der Waals surface area contributed by atoms with Crippen LogP contribution in [0.2, 0.25) is 0 Å². The summed E-state index contributed by atoms with van der Waals surface area (Å²) in [6.07, 6.45) is 0.716. The Labute approximate surface area is 136 Å². The van der Waals surface area contributed by atoms with Crippen molar-refractivity contribution in [3.05, 3.63) is 0 Å². The van der Waals surface area contributed by atoms with Crippen LogP contribution in [0.5, 0.6) is 0 Å². The summed E-state index contributed by atoms with van der Waals surface area (Å²) in [6.45, 7) is 5.43. The lowest BCUT2D eigenvalue weighted by Crippen LogP contribution is -2.53. The minimum absolute atomic E-state index is 0.0604. The molecule has 8 heteroatoms. The molecule has 2 aliphatic heterocycles. The first kappa shape index (κ1) is 17.5. The molecule has 130 valence electrons. The Balaban J connectivity index is 1.96. The molecular weight excluding hydrogens is 300 g/mol. The van der Waals surface area contributed by atoms with E-state index < -0.39 is 12.0 Å². The van der Waals surface area contributed by atoms with E-state index in [4.69, 9.17) is 0 Å². The Kier molecular flexibility index (Phi) is 5.13. The van der Waals surface area contributed by atoms with Gasteiger partial charge in [-0.1, -0.05) is 13.8 Å². The van der Waals surface area contributed by atoms with Crippen LogP contribution in [-0.4, -0.2) is 89.6 Å². The van der Waals surface area contributed by atoms with Crippen LogP contribution < -0.4 is 5.32 Å². The van der Waals surface area contributed by atoms with Crippen molar-refractivity contribution in [3.8, 4) is 0 Å². The molecule has 2 heterocycles. The van der Waals surface area contributed by atoms with E-state index in [1.54, 1.807) is 30.7 Å². The van der Waals surface area contributed by atoms with E-state index in [-0.39, 0.29) is 29.9 Å². The molecule has 23 heavy (non-hydrogen) atoms. The molecule has 1 unspecified atom stereocenters. The standard InChI is InChI=1S/C15H26N4O4/c1-9(2)12(14(21)22)18(4)15(23)17(3)10-5-6-19(8-10)13(20)11-7-16-11/h9-12,16H,5-8H2,1-4H3,(H,21,22)/t10-,11+,12?/m0/s1. The van der Waals surface area contributed by atoms with Gasteiger partial charge in [-0.3, -0.25) is 4.79 Å². The molecule has 0 aromatic carbocycles. The molecule has 0 radical (unpaired) electrons. The maximum Gasteiger partial charge on any atom is 0.326 e. The number of rotatable bonds is 5. The molecule has 2 rings (SSSR count). The van der Waals surface area contributed by atoms with Crippen molar-refractivity contribution in [2.45, 2.75) is 38.4 Å². The van der Waals surface area contributed by atoms with Crippen LogP contribution in [0, 0.1) is 5.92 Å². The molecule has 2 fully saturated rings. The lowest BCUT2D eigenvalue weighted by Gasteiger charge is -2.34. The molecule has 0 spiro atoms. The predicted molar refractivity (Wildman–Crippen MR) is 84.0 cm³/mol. The molecular formula is C15H26N4O4. The lowest BCUT2D eigenvalue weighted by atomic mass is 10.0. The molecule has 3 amide bonds. The number of aliphatic carboxylic acids is 1. The van der Waals surface area contributed by atoms with Gasteiger partial charge in [0.15, 0.2) is 0 Å². The highest BCUT2D eigenvalue weighted by molar-refractivity contribution is 5.85. The van der Waals surface area contributed by atoms with Crippen molar-refractivity contribution >= 4 is 17.9 Å². The lowest BCUT2D eigenvalue weighted by molar-refractivity contribution is -0.143. The third-order valence-corrected chi connectivity index (χ3v) is 4.63. The van der Waals surface area contributed by atoms with Gasteiger partial charge in [-0.15, -0.1) is 0 Å². The SMILES string of the molecule is CC(C)C(C(=O)O)N(C)C(=O)N(C)[C@H]1CCN(C(=O)[C@H]2CN2)C1. The van der Waals surface area contributed by atoms with Gasteiger partial charge >= 0.3 is 12.0 Å². The van der Waals surface area contributed by atoms with E-state index >= 15 is 0 Å². The third kappa shape index (κ3) is 3.74. The highest BCUT2D eigenvalue weighted by Crippen LogP contribution is 2.19. The number of likely N-dealkylation sites (tertiary alicyclic amines) is 1. The molecule has 0 aromatic rings. The second kappa shape index (κ2) is 6.74. The molecule has 8 nitrogen and oxygen atoms in total. The van der Waals surface area contributed by atoms with Gasteiger partial charge in [0, 0.05) is 33.7 Å². The number of amides is 3. The zero-order valence-corrected chi connectivity index (χ0v) is 14.2. The average Bonchev–Trinajstić information content (AvgIpc) is 3.21. The number of likely N-dealkylation sites (N-methyl/N-ethyl adjacent to an activating group) is 2. The van der Waals surface area contributed by atoms with Crippen LogP contribution in [0.3, 0.4) is 0 Å².